The first-order chi connectivity index (χ1) is 14.0. The molecule has 2 N–H and O–H groups in total. The average Bonchev–Trinajstić information content (AvgIpc) is 2.71. The van der Waals surface area contributed by atoms with E-state index < -0.39 is 24.5 Å². The molecule has 8 nitrogen and oxygen atoms in total. The second kappa shape index (κ2) is 9.61. The van der Waals surface area contributed by atoms with E-state index in [9.17, 15) is 14.4 Å². The van der Waals surface area contributed by atoms with Gasteiger partial charge in [0.25, 0.3) is 5.91 Å². The monoisotopic (exact) mass is 416 g/mol. The predicted molar refractivity (Wildman–Crippen MR) is 106 cm³/mol. The maximum atomic E-state index is 11.9. The van der Waals surface area contributed by atoms with Crippen LogP contribution in [-0.4, -0.2) is 37.7 Å². The van der Waals surface area contributed by atoms with E-state index in [4.69, 9.17) is 25.8 Å². The zero-order valence-electron chi connectivity index (χ0n) is 15.1. The molecule has 0 saturated heterocycles. The van der Waals surface area contributed by atoms with Crippen LogP contribution in [0.25, 0.3) is 6.08 Å². The molecule has 2 aromatic rings. The van der Waals surface area contributed by atoms with Crippen molar-refractivity contribution in [3.05, 3.63) is 59.1 Å². The van der Waals surface area contributed by atoms with Crippen LogP contribution in [0.1, 0.15) is 5.56 Å². The van der Waals surface area contributed by atoms with E-state index in [2.05, 4.69) is 10.6 Å². The molecule has 0 bridgehead atoms. The van der Waals surface area contributed by atoms with E-state index in [0.29, 0.717) is 41.0 Å². The highest BCUT2D eigenvalue weighted by Crippen LogP contribution is 2.32. The molecular weight excluding hydrogens is 400 g/mol. The standard InChI is InChI=1S/C20H17ClN2O6/c21-15-4-2-1-3-13(15)5-8-19(25)29-12-18(24)23-20(26)22-14-6-7-16-17(11-14)28-10-9-27-16/h1-8,11H,9-10,12H2,(H2,22,23,24,26). The molecule has 0 aliphatic carbocycles. The first-order valence-electron chi connectivity index (χ1n) is 8.61. The maximum Gasteiger partial charge on any atom is 0.331 e. The van der Waals surface area contributed by atoms with Gasteiger partial charge in [0.05, 0.1) is 0 Å². The second-order valence-corrected chi connectivity index (χ2v) is 6.23. The van der Waals surface area contributed by atoms with Gasteiger partial charge in [-0.15, -0.1) is 0 Å². The summed E-state index contributed by atoms with van der Waals surface area (Å²) < 4.78 is 15.6. The highest BCUT2D eigenvalue weighted by molar-refractivity contribution is 6.32. The van der Waals surface area contributed by atoms with E-state index in [1.54, 1.807) is 42.5 Å². The number of fused-ring (bicyclic) bond motifs is 1. The van der Waals surface area contributed by atoms with E-state index in [-0.39, 0.29) is 0 Å². The molecular formula is C20H17ClN2O6. The van der Waals surface area contributed by atoms with Crippen LogP contribution >= 0.6 is 11.6 Å². The largest absolute Gasteiger partial charge is 0.486 e. The number of carbonyl (C=O) groups excluding carboxylic acids is 3. The average molecular weight is 417 g/mol. The van der Waals surface area contributed by atoms with E-state index in [1.807, 2.05) is 0 Å². The van der Waals surface area contributed by atoms with Crippen LogP contribution in [0.15, 0.2) is 48.5 Å². The lowest BCUT2D eigenvalue weighted by atomic mass is 10.2. The summed E-state index contributed by atoms with van der Waals surface area (Å²) in [6.45, 7) is 0.263. The third-order valence-electron chi connectivity index (χ3n) is 3.70. The van der Waals surface area contributed by atoms with Crippen molar-refractivity contribution in [2.75, 3.05) is 25.1 Å². The smallest absolute Gasteiger partial charge is 0.331 e. The van der Waals surface area contributed by atoms with Crippen LogP contribution in [0.5, 0.6) is 11.5 Å². The molecule has 2 aromatic carbocycles. The molecule has 3 rings (SSSR count). The minimum Gasteiger partial charge on any atom is -0.486 e. The summed E-state index contributed by atoms with van der Waals surface area (Å²) in [6, 6.07) is 11.0. The second-order valence-electron chi connectivity index (χ2n) is 5.82. The third kappa shape index (κ3) is 5.98. The quantitative estimate of drug-likeness (QED) is 0.573. The number of esters is 1. The van der Waals surface area contributed by atoms with E-state index >= 15 is 0 Å². The Morgan fingerprint density at radius 3 is 2.62 bits per heavy atom. The Kier molecular flexibility index (Phi) is 6.70. The zero-order chi connectivity index (χ0) is 20.6. The molecule has 0 radical (unpaired) electrons. The summed E-state index contributed by atoms with van der Waals surface area (Å²) in [5.41, 5.74) is 1.05. The Morgan fingerprint density at radius 1 is 1.07 bits per heavy atom. The van der Waals surface area contributed by atoms with Crippen LogP contribution in [0, 0.1) is 0 Å². The number of benzene rings is 2. The van der Waals surface area contributed by atoms with Gasteiger partial charge in [-0.05, 0) is 29.8 Å². The van der Waals surface area contributed by atoms with Gasteiger partial charge in [-0.1, -0.05) is 29.8 Å². The fraction of sp³-hybridized carbons (Fsp3) is 0.150. The molecule has 1 aliphatic heterocycles. The number of imide groups is 1. The topological polar surface area (TPSA) is 103 Å². The SMILES string of the molecule is O=C(COC(=O)C=Cc1ccccc1Cl)NC(=O)Nc1ccc2c(c1)OCCO2. The number of ether oxygens (including phenoxy) is 3. The molecule has 9 heteroatoms. The fourth-order valence-corrected chi connectivity index (χ4v) is 2.60. The number of amides is 3. The number of carbonyl (C=O) groups is 3. The van der Waals surface area contributed by atoms with Crippen molar-refractivity contribution in [1.82, 2.24) is 5.32 Å². The molecule has 0 spiro atoms. The van der Waals surface area contributed by atoms with Gasteiger partial charge in [-0.2, -0.15) is 0 Å². The molecule has 29 heavy (non-hydrogen) atoms. The van der Waals surface area contributed by atoms with Crippen LogP contribution in [-0.2, 0) is 14.3 Å². The molecule has 0 fully saturated rings. The van der Waals surface area contributed by atoms with Gasteiger partial charge in [0.1, 0.15) is 13.2 Å². The highest BCUT2D eigenvalue weighted by Gasteiger charge is 2.14. The molecule has 150 valence electrons. The van der Waals surface area contributed by atoms with Crippen LogP contribution in [0.2, 0.25) is 5.02 Å². The number of urea groups is 1. The molecule has 3 amide bonds. The summed E-state index contributed by atoms with van der Waals surface area (Å²) in [4.78, 5) is 35.4. The van der Waals surface area contributed by atoms with Gasteiger partial charge in [-0.25, -0.2) is 9.59 Å². The van der Waals surface area contributed by atoms with E-state index in [0.717, 1.165) is 6.08 Å². The Balaban J connectivity index is 1.43. The minimum absolute atomic E-state index is 0.414. The minimum atomic E-state index is -0.778. The maximum absolute atomic E-state index is 11.9. The Morgan fingerprint density at radius 2 is 1.83 bits per heavy atom. The first-order valence-corrected chi connectivity index (χ1v) is 8.99. The summed E-state index contributed by atoms with van der Waals surface area (Å²) >= 11 is 5.97. The summed E-state index contributed by atoms with van der Waals surface area (Å²) in [5, 5.41) is 5.03. The lowest BCUT2D eigenvalue weighted by Gasteiger charge is -2.19. The fourth-order valence-electron chi connectivity index (χ4n) is 2.40. The van der Waals surface area contributed by atoms with Gasteiger partial charge in [0, 0.05) is 22.9 Å². The molecule has 0 atom stereocenters. The van der Waals surface area contributed by atoms with Crippen molar-refractivity contribution in [3.8, 4) is 11.5 Å². The number of hydrogen-bond acceptors (Lipinski definition) is 6. The van der Waals surface area contributed by atoms with E-state index in [1.165, 1.54) is 6.08 Å². The Labute approximate surface area is 171 Å². The van der Waals surface area contributed by atoms with Crippen molar-refractivity contribution in [3.63, 3.8) is 0 Å². The lowest BCUT2D eigenvalue weighted by Crippen LogP contribution is -2.37. The molecule has 0 saturated carbocycles. The summed E-state index contributed by atoms with van der Waals surface area (Å²) in [5.74, 6) is -0.443. The van der Waals surface area contributed by atoms with Crippen molar-refractivity contribution in [2.45, 2.75) is 0 Å². The summed E-state index contributed by atoms with van der Waals surface area (Å²) in [7, 11) is 0. The summed E-state index contributed by atoms with van der Waals surface area (Å²) in [6.07, 6.45) is 2.61. The number of nitrogens with one attached hydrogen (secondary N) is 2. The number of hydrogen-bond donors (Lipinski definition) is 2. The molecule has 1 aliphatic rings. The highest BCUT2D eigenvalue weighted by atomic mass is 35.5. The molecule has 0 unspecified atom stereocenters. The zero-order valence-corrected chi connectivity index (χ0v) is 15.9. The number of halogens is 1. The van der Waals surface area contributed by atoms with Gasteiger partial charge in [-0.3, -0.25) is 10.1 Å². The van der Waals surface area contributed by atoms with Gasteiger partial charge >= 0.3 is 12.0 Å². The first kappa shape index (κ1) is 20.2. The van der Waals surface area contributed by atoms with Crippen LogP contribution in [0.3, 0.4) is 0 Å². The Bertz CT molecular complexity index is 960. The van der Waals surface area contributed by atoms with Crippen molar-refractivity contribution >= 4 is 41.3 Å². The third-order valence-corrected chi connectivity index (χ3v) is 4.05. The van der Waals surface area contributed by atoms with Crippen molar-refractivity contribution in [2.24, 2.45) is 0 Å². The molecule has 0 aromatic heterocycles. The van der Waals surface area contributed by atoms with Crippen molar-refractivity contribution < 1.29 is 28.6 Å². The lowest BCUT2D eigenvalue weighted by molar-refractivity contribution is -0.143. The molecule has 1 heterocycles. The van der Waals surface area contributed by atoms with Gasteiger partial charge in [0.15, 0.2) is 18.1 Å². The van der Waals surface area contributed by atoms with Crippen molar-refractivity contribution in [1.29, 1.82) is 0 Å². The van der Waals surface area contributed by atoms with Gasteiger partial charge < -0.3 is 19.5 Å². The van der Waals surface area contributed by atoms with Gasteiger partial charge in [0.2, 0.25) is 0 Å². The Hall–Kier alpha value is -3.52. The normalized spacial score (nSPS) is 12.3. The van der Waals surface area contributed by atoms with Crippen LogP contribution in [0.4, 0.5) is 10.5 Å². The number of rotatable bonds is 5. The van der Waals surface area contributed by atoms with Crippen LogP contribution < -0.4 is 20.1 Å². The predicted octanol–water partition coefficient (Wildman–Crippen LogP) is 3.02. The number of anilines is 1.